The zero-order chi connectivity index (χ0) is 11.8. The summed E-state index contributed by atoms with van der Waals surface area (Å²) in [6.45, 7) is 8.84. The van der Waals surface area contributed by atoms with Crippen LogP contribution in [-0.2, 0) is 13.1 Å². The standard InChI is InChI=1S/C13H24N2S/c1-4-8-14-10-12-6-7-13(16-12)11-15(3)9-5-2/h6-7,14H,4-5,8-11H2,1-3H3. The lowest BCUT2D eigenvalue weighted by Gasteiger charge is -2.13. The summed E-state index contributed by atoms with van der Waals surface area (Å²) in [7, 11) is 2.19. The van der Waals surface area contributed by atoms with Crippen molar-refractivity contribution in [2.45, 2.75) is 39.8 Å². The fourth-order valence-electron chi connectivity index (χ4n) is 1.72. The van der Waals surface area contributed by atoms with Crippen LogP contribution in [0, 0.1) is 0 Å². The van der Waals surface area contributed by atoms with Crippen molar-refractivity contribution in [2.24, 2.45) is 0 Å². The van der Waals surface area contributed by atoms with E-state index in [1.165, 1.54) is 29.1 Å². The molecule has 1 heterocycles. The highest BCUT2D eigenvalue weighted by atomic mass is 32.1. The SMILES string of the molecule is CCCNCc1ccc(CN(C)CCC)s1. The van der Waals surface area contributed by atoms with E-state index in [1.54, 1.807) is 0 Å². The van der Waals surface area contributed by atoms with Crippen LogP contribution in [0.15, 0.2) is 12.1 Å². The summed E-state index contributed by atoms with van der Waals surface area (Å²) in [5.41, 5.74) is 0. The van der Waals surface area contributed by atoms with Gasteiger partial charge in [0.1, 0.15) is 0 Å². The quantitative estimate of drug-likeness (QED) is 0.703. The maximum Gasteiger partial charge on any atom is 0.0324 e. The van der Waals surface area contributed by atoms with E-state index in [9.17, 15) is 0 Å². The minimum absolute atomic E-state index is 1.02. The van der Waals surface area contributed by atoms with E-state index in [4.69, 9.17) is 0 Å². The van der Waals surface area contributed by atoms with E-state index in [2.05, 4.69) is 43.2 Å². The van der Waals surface area contributed by atoms with Crippen molar-refractivity contribution >= 4 is 11.3 Å². The fraction of sp³-hybridized carbons (Fsp3) is 0.692. The Morgan fingerprint density at radius 1 is 1.19 bits per heavy atom. The summed E-state index contributed by atoms with van der Waals surface area (Å²) in [5, 5.41) is 3.44. The van der Waals surface area contributed by atoms with Gasteiger partial charge in [0, 0.05) is 22.8 Å². The predicted molar refractivity (Wildman–Crippen MR) is 72.9 cm³/mol. The van der Waals surface area contributed by atoms with Crippen LogP contribution >= 0.6 is 11.3 Å². The molecule has 0 atom stereocenters. The van der Waals surface area contributed by atoms with Gasteiger partial charge in [-0.3, -0.25) is 0 Å². The second-order valence-corrected chi connectivity index (χ2v) is 5.54. The Balaban J connectivity index is 2.33. The van der Waals surface area contributed by atoms with Gasteiger partial charge in [0.15, 0.2) is 0 Å². The van der Waals surface area contributed by atoms with E-state index in [0.29, 0.717) is 0 Å². The van der Waals surface area contributed by atoms with E-state index in [-0.39, 0.29) is 0 Å². The lowest BCUT2D eigenvalue weighted by Crippen LogP contribution is -2.17. The van der Waals surface area contributed by atoms with Crippen LogP contribution in [0.25, 0.3) is 0 Å². The molecule has 0 saturated heterocycles. The number of rotatable bonds is 8. The first-order valence-electron chi connectivity index (χ1n) is 6.23. The summed E-state index contributed by atoms with van der Waals surface area (Å²) in [5.74, 6) is 0. The van der Waals surface area contributed by atoms with Crippen molar-refractivity contribution in [3.63, 3.8) is 0 Å². The second kappa shape index (κ2) is 7.82. The van der Waals surface area contributed by atoms with Gasteiger partial charge in [-0.2, -0.15) is 0 Å². The molecule has 1 aromatic heterocycles. The van der Waals surface area contributed by atoms with E-state index in [0.717, 1.165) is 19.6 Å². The molecule has 0 aliphatic carbocycles. The van der Waals surface area contributed by atoms with Crippen LogP contribution in [0.5, 0.6) is 0 Å². The topological polar surface area (TPSA) is 15.3 Å². The fourth-order valence-corrected chi connectivity index (χ4v) is 2.79. The normalized spacial score (nSPS) is 11.2. The lowest BCUT2D eigenvalue weighted by atomic mass is 10.3. The molecule has 3 heteroatoms. The number of hydrogen-bond acceptors (Lipinski definition) is 3. The molecule has 1 N–H and O–H groups in total. The van der Waals surface area contributed by atoms with E-state index < -0.39 is 0 Å². The first kappa shape index (κ1) is 13.7. The third kappa shape index (κ3) is 5.10. The molecule has 16 heavy (non-hydrogen) atoms. The van der Waals surface area contributed by atoms with E-state index >= 15 is 0 Å². The van der Waals surface area contributed by atoms with Crippen molar-refractivity contribution in [3.05, 3.63) is 21.9 Å². The molecule has 0 amide bonds. The van der Waals surface area contributed by atoms with Crippen LogP contribution in [0.3, 0.4) is 0 Å². The number of hydrogen-bond donors (Lipinski definition) is 1. The average Bonchev–Trinajstić information content (AvgIpc) is 2.66. The molecule has 0 radical (unpaired) electrons. The second-order valence-electron chi connectivity index (χ2n) is 4.28. The molecule has 92 valence electrons. The van der Waals surface area contributed by atoms with Crippen molar-refractivity contribution < 1.29 is 0 Å². The van der Waals surface area contributed by atoms with Crippen molar-refractivity contribution in [3.8, 4) is 0 Å². The summed E-state index contributed by atoms with van der Waals surface area (Å²) in [6, 6.07) is 4.52. The van der Waals surface area contributed by atoms with Gasteiger partial charge in [0.2, 0.25) is 0 Å². The smallest absolute Gasteiger partial charge is 0.0324 e. The zero-order valence-corrected chi connectivity index (χ0v) is 11.6. The van der Waals surface area contributed by atoms with E-state index in [1.807, 2.05) is 11.3 Å². The average molecular weight is 240 g/mol. The lowest BCUT2D eigenvalue weighted by molar-refractivity contribution is 0.330. The summed E-state index contributed by atoms with van der Waals surface area (Å²) < 4.78 is 0. The van der Waals surface area contributed by atoms with Crippen LogP contribution in [-0.4, -0.2) is 25.0 Å². The van der Waals surface area contributed by atoms with Gasteiger partial charge in [-0.1, -0.05) is 13.8 Å². The summed E-state index contributed by atoms with van der Waals surface area (Å²) in [4.78, 5) is 5.31. The molecular weight excluding hydrogens is 216 g/mol. The van der Waals surface area contributed by atoms with Crippen molar-refractivity contribution in [1.82, 2.24) is 10.2 Å². The van der Waals surface area contributed by atoms with Gasteiger partial charge >= 0.3 is 0 Å². The highest BCUT2D eigenvalue weighted by molar-refractivity contribution is 7.11. The van der Waals surface area contributed by atoms with Gasteiger partial charge in [-0.05, 0) is 45.1 Å². The van der Waals surface area contributed by atoms with Crippen LogP contribution in [0.4, 0.5) is 0 Å². The minimum Gasteiger partial charge on any atom is -0.312 e. The van der Waals surface area contributed by atoms with Crippen molar-refractivity contribution in [1.29, 1.82) is 0 Å². The molecule has 0 unspecified atom stereocenters. The molecule has 0 spiro atoms. The molecule has 0 bridgehead atoms. The minimum atomic E-state index is 1.02. The molecule has 1 aromatic rings. The molecule has 0 aliphatic heterocycles. The van der Waals surface area contributed by atoms with Gasteiger partial charge in [0.05, 0.1) is 0 Å². The summed E-state index contributed by atoms with van der Waals surface area (Å²) >= 11 is 1.93. The number of nitrogens with zero attached hydrogens (tertiary/aromatic N) is 1. The molecule has 2 nitrogen and oxygen atoms in total. The third-order valence-corrected chi connectivity index (χ3v) is 3.54. The highest BCUT2D eigenvalue weighted by Crippen LogP contribution is 2.17. The Morgan fingerprint density at radius 2 is 1.94 bits per heavy atom. The Bertz CT molecular complexity index is 283. The monoisotopic (exact) mass is 240 g/mol. The Kier molecular flexibility index (Phi) is 6.69. The largest absolute Gasteiger partial charge is 0.312 e. The van der Waals surface area contributed by atoms with Gasteiger partial charge in [-0.25, -0.2) is 0 Å². The van der Waals surface area contributed by atoms with Gasteiger partial charge in [0.25, 0.3) is 0 Å². The number of thiophene rings is 1. The summed E-state index contributed by atoms with van der Waals surface area (Å²) in [6.07, 6.45) is 2.43. The molecule has 0 aromatic carbocycles. The maximum absolute atomic E-state index is 3.44. The maximum atomic E-state index is 3.44. The molecule has 1 rings (SSSR count). The van der Waals surface area contributed by atoms with Gasteiger partial charge < -0.3 is 10.2 Å². The molecule has 0 aliphatic rings. The molecule has 0 saturated carbocycles. The third-order valence-electron chi connectivity index (χ3n) is 2.47. The predicted octanol–water partition coefficient (Wildman–Crippen LogP) is 3.09. The molecular formula is C13H24N2S. The van der Waals surface area contributed by atoms with Crippen LogP contribution < -0.4 is 5.32 Å². The van der Waals surface area contributed by atoms with Gasteiger partial charge in [-0.15, -0.1) is 11.3 Å². The zero-order valence-electron chi connectivity index (χ0n) is 10.8. The molecule has 0 fully saturated rings. The van der Waals surface area contributed by atoms with Crippen LogP contribution in [0.1, 0.15) is 36.4 Å². The Hall–Kier alpha value is -0.380. The Labute approximate surface area is 104 Å². The highest BCUT2D eigenvalue weighted by Gasteiger charge is 2.02. The first-order valence-corrected chi connectivity index (χ1v) is 7.04. The first-order chi connectivity index (χ1) is 7.76. The Morgan fingerprint density at radius 3 is 2.62 bits per heavy atom. The van der Waals surface area contributed by atoms with Crippen LogP contribution in [0.2, 0.25) is 0 Å². The van der Waals surface area contributed by atoms with Crippen molar-refractivity contribution in [2.75, 3.05) is 20.1 Å². The number of nitrogens with one attached hydrogen (secondary N) is 1.